The molecule has 2 heterocycles. The van der Waals surface area contributed by atoms with E-state index >= 15 is 0 Å². The Morgan fingerprint density at radius 2 is 2.41 bits per heavy atom. The highest BCUT2D eigenvalue weighted by Crippen LogP contribution is 2.25. The Labute approximate surface area is 106 Å². The van der Waals surface area contributed by atoms with Gasteiger partial charge in [-0.1, -0.05) is 0 Å². The molecule has 6 heteroatoms. The summed E-state index contributed by atoms with van der Waals surface area (Å²) >= 11 is 1.45. The van der Waals surface area contributed by atoms with Crippen molar-refractivity contribution in [1.82, 2.24) is 10.3 Å². The predicted molar refractivity (Wildman–Crippen MR) is 70.1 cm³/mol. The van der Waals surface area contributed by atoms with E-state index in [1.54, 1.807) is 6.92 Å². The standard InChI is InChI=1S/C11H18N2O2S2/c1-8(17(2,14)15)11-13-10(7-16-11)6-9-4-3-5-12-9/h7-9,12H,3-6H2,1-2H3. The molecule has 1 aromatic heterocycles. The van der Waals surface area contributed by atoms with Crippen LogP contribution in [-0.2, 0) is 16.3 Å². The lowest BCUT2D eigenvalue weighted by molar-refractivity contribution is 0.589. The van der Waals surface area contributed by atoms with Crippen molar-refractivity contribution in [1.29, 1.82) is 0 Å². The molecule has 0 saturated carbocycles. The van der Waals surface area contributed by atoms with Gasteiger partial charge in [-0.15, -0.1) is 11.3 Å². The smallest absolute Gasteiger partial charge is 0.156 e. The molecule has 2 atom stereocenters. The molecule has 2 unspecified atom stereocenters. The normalized spacial score (nSPS) is 22.8. The third kappa shape index (κ3) is 3.26. The summed E-state index contributed by atoms with van der Waals surface area (Å²) in [4.78, 5) is 4.44. The Kier molecular flexibility index (Phi) is 3.85. The van der Waals surface area contributed by atoms with Crippen molar-refractivity contribution < 1.29 is 8.42 Å². The second-order valence-electron chi connectivity index (χ2n) is 4.65. The quantitative estimate of drug-likeness (QED) is 0.905. The van der Waals surface area contributed by atoms with Gasteiger partial charge in [0.2, 0.25) is 0 Å². The number of hydrogen-bond acceptors (Lipinski definition) is 5. The van der Waals surface area contributed by atoms with E-state index < -0.39 is 15.1 Å². The van der Waals surface area contributed by atoms with Crippen LogP contribution >= 0.6 is 11.3 Å². The van der Waals surface area contributed by atoms with E-state index in [1.165, 1.54) is 30.4 Å². The SMILES string of the molecule is CC(c1nc(CC2CCCN2)cs1)S(C)(=O)=O. The topological polar surface area (TPSA) is 59.1 Å². The Hall–Kier alpha value is -0.460. The molecule has 0 radical (unpaired) electrons. The molecule has 1 aliphatic heterocycles. The van der Waals surface area contributed by atoms with Gasteiger partial charge < -0.3 is 5.32 Å². The zero-order valence-electron chi connectivity index (χ0n) is 10.1. The minimum atomic E-state index is -3.04. The minimum absolute atomic E-state index is 0.488. The number of thiazole rings is 1. The van der Waals surface area contributed by atoms with Crippen LogP contribution in [-0.4, -0.2) is 32.2 Å². The Morgan fingerprint density at radius 1 is 1.65 bits per heavy atom. The van der Waals surface area contributed by atoms with Gasteiger partial charge in [-0.25, -0.2) is 13.4 Å². The first-order valence-corrected chi connectivity index (χ1v) is 8.67. The van der Waals surface area contributed by atoms with Crippen LogP contribution in [0.5, 0.6) is 0 Å². The van der Waals surface area contributed by atoms with Crippen LogP contribution in [0, 0.1) is 0 Å². The highest BCUT2D eigenvalue weighted by Gasteiger charge is 2.22. The molecule has 96 valence electrons. The Bertz CT molecular complexity index is 475. The van der Waals surface area contributed by atoms with Gasteiger partial charge in [-0.3, -0.25) is 0 Å². The van der Waals surface area contributed by atoms with E-state index in [0.29, 0.717) is 11.0 Å². The summed E-state index contributed by atoms with van der Waals surface area (Å²) in [6.45, 7) is 2.78. The number of aromatic nitrogens is 1. The summed E-state index contributed by atoms with van der Waals surface area (Å²) in [6, 6.07) is 0.512. The third-order valence-electron chi connectivity index (χ3n) is 3.18. The van der Waals surface area contributed by atoms with Crippen molar-refractivity contribution in [2.24, 2.45) is 0 Å². The fourth-order valence-electron chi connectivity index (χ4n) is 1.97. The molecule has 0 aromatic carbocycles. The molecule has 0 aliphatic carbocycles. The Balaban J connectivity index is 2.05. The van der Waals surface area contributed by atoms with Crippen molar-refractivity contribution in [3.05, 3.63) is 16.1 Å². The second kappa shape index (κ2) is 5.04. The maximum absolute atomic E-state index is 11.4. The van der Waals surface area contributed by atoms with Gasteiger partial charge >= 0.3 is 0 Å². The molecule has 17 heavy (non-hydrogen) atoms. The first-order valence-electron chi connectivity index (χ1n) is 5.83. The maximum atomic E-state index is 11.4. The third-order valence-corrected chi connectivity index (χ3v) is 5.91. The maximum Gasteiger partial charge on any atom is 0.156 e. The van der Waals surface area contributed by atoms with Crippen LogP contribution in [0.2, 0.25) is 0 Å². The molecule has 0 amide bonds. The Morgan fingerprint density at radius 3 is 3.00 bits per heavy atom. The lowest BCUT2D eigenvalue weighted by Gasteiger charge is -2.07. The van der Waals surface area contributed by atoms with Crippen LogP contribution in [0.25, 0.3) is 0 Å². The zero-order chi connectivity index (χ0) is 12.5. The molecule has 4 nitrogen and oxygen atoms in total. The van der Waals surface area contributed by atoms with E-state index in [9.17, 15) is 8.42 Å². The van der Waals surface area contributed by atoms with E-state index in [-0.39, 0.29) is 0 Å². The van der Waals surface area contributed by atoms with Crippen molar-refractivity contribution in [3.8, 4) is 0 Å². The molecule has 1 fully saturated rings. The van der Waals surface area contributed by atoms with Crippen LogP contribution in [0.3, 0.4) is 0 Å². The van der Waals surface area contributed by atoms with Crippen molar-refractivity contribution >= 4 is 21.2 Å². The van der Waals surface area contributed by atoms with Gasteiger partial charge in [-0.05, 0) is 26.3 Å². The monoisotopic (exact) mass is 274 g/mol. The van der Waals surface area contributed by atoms with Gasteiger partial charge in [0.05, 0.1) is 5.69 Å². The van der Waals surface area contributed by atoms with Crippen molar-refractivity contribution in [2.75, 3.05) is 12.8 Å². The summed E-state index contributed by atoms with van der Waals surface area (Å²) in [5.41, 5.74) is 1.01. The summed E-state index contributed by atoms with van der Waals surface area (Å²) in [7, 11) is -3.04. The van der Waals surface area contributed by atoms with E-state index in [4.69, 9.17) is 0 Å². The largest absolute Gasteiger partial charge is 0.314 e. The number of sulfone groups is 1. The summed E-state index contributed by atoms with van der Waals surface area (Å²) < 4.78 is 22.9. The molecular formula is C11H18N2O2S2. The van der Waals surface area contributed by atoms with E-state index in [2.05, 4.69) is 10.3 Å². The summed E-state index contributed by atoms with van der Waals surface area (Å²) in [5, 5.41) is 5.62. The van der Waals surface area contributed by atoms with Crippen LogP contribution in [0.15, 0.2) is 5.38 Å². The first kappa shape index (κ1) is 13.0. The van der Waals surface area contributed by atoms with Gasteiger partial charge in [0.1, 0.15) is 10.3 Å². The highest BCUT2D eigenvalue weighted by atomic mass is 32.2. The lowest BCUT2D eigenvalue weighted by atomic mass is 10.1. The zero-order valence-corrected chi connectivity index (χ0v) is 11.8. The van der Waals surface area contributed by atoms with Gasteiger partial charge in [0, 0.05) is 24.1 Å². The first-order chi connectivity index (χ1) is 7.97. The summed E-state index contributed by atoms with van der Waals surface area (Å²) in [6.07, 6.45) is 4.58. The van der Waals surface area contributed by atoms with Crippen molar-refractivity contribution in [3.63, 3.8) is 0 Å². The molecule has 2 rings (SSSR count). The van der Waals surface area contributed by atoms with Gasteiger partial charge in [0.25, 0.3) is 0 Å². The highest BCUT2D eigenvalue weighted by molar-refractivity contribution is 7.91. The lowest BCUT2D eigenvalue weighted by Crippen LogP contribution is -2.23. The number of nitrogens with zero attached hydrogens (tertiary/aromatic N) is 1. The van der Waals surface area contributed by atoms with Gasteiger partial charge in [0.15, 0.2) is 9.84 Å². The predicted octanol–water partition coefficient (Wildman–Crippen LogP) is 1.54. The molecule has 1 aliphatic rings. The molecule has 0 spiro atoms. The van der Waals surface area contributed by atoms with Crippen LogP contribution < -0.4 is 5.32 Å². The van der Waals surface area contributed by atoms with E-state index in [0.717, 1.165) is 18.7 Å². The van der Waals surface area contributed by atoms with Crippen LogP contribution in [0.4, 0.5) is 0 Å². The molecular weight excluding hydrogens is 256 g/mol. The van der Waals surface area contributed by atoms with E-state index in [1.807, 2.05) is 5.38 Å². The average molecular weight is 274 g/mol. The summed E-state index contributed by atoms with van der Waals surface area (Å²) in [5.74, 6) is 0. The second-order valence-corrected chi connectivity index (χ2v) is 7.90. The average Bonchev–Trinajstić information content (AvgIpc) is 2.87. The van der Waals surface area contributed by atoms with Crippen LogP contribution in [0.1, 0.15) is 35.7 Å². The molecule has 1 N–H and O–H groups in total. The van der Waals surface area contributed by atoms with Crippen molar-refractivity contribution in [2.45, 2.75) is 37.5 Å². The molecule has 1 aromatic rings. The number of rotatable bonds is 4. The minimum Gasteiger partial charge on any atom is -0.314 e. The molecule has 0 bridgehead atoms. The number of nitrogens with one attached hydrogen (secondary N) is 1. The molecule has 1 saturated heterocycles. The van der Waals surface area contributed by atoms with Gasteiger partial charge in [-0.2, -0.15) is 0 Å². The fraction of sp³-hybridized carbons (Fsp3) is 0.727. The fourth-order valence-corrected chi connectivity index (χ4v) is 3.85. The number of hydrogen-bond donors (Lipinski definition) is 1.